The number of hydrogen-bond acceptors (Lipinski definition) is 3. The standard InChI is InChI=1S/C22H34N4O2/c1-3-18-7-9-19(10-8-18)11-12-24-22(23-4-2)26-15-13-25(14-16-26)21(27)20-6-5-17-28-20/h7-10,20H,3-6,11-17H2,1-2H3,(H,23,24). The number of carbonyl (C=O) groups is 1. The van der Waals surface area contributed by atoms with E-state index in [4.69, 9.17) is 9.73 Å². The maximum atomic E-state index is 12.5. The quantitative estimate of drug-likeness (QED) is 0.601. The first-order valence-corrected chi connectivity index (χ1v) is 10.7. The molecule has 2 aliphatic rings. The third kappa shape index (κ3) is 5.47. The molecule has 2 heterocycles. The molecule has 2 saturated heterocycles. The van der Waals surface area contributed by atoms with Crippen LogP contribution < -0.4 is 5.32 Å². The highest BCUT2D eigenvalue weighted by molar-refractivity contribution is 5.82. The largest absolute Gasteiger partial charge is 0.368 e. The molecule has 1 atom stereocenters. The van der Waals surface area contributed by atoms with Crippen LogP contribution in [0, 0.1) is 0 Å². The normalized spacial score (nSPS) is 20.5. The first-order valence-electron chi connectivity index (χ1n) is 10.7. The second kappa shape index (κ2) is 10.5. The molecular weight excluding hydrogens is 352 g/mol. The van der Waals surface area contributed by atoms with Gasteiger partial charge in [0.1, 0.15) is 6.10 Å². The summed E-state index contributed by atoms with van der Waals surface area (Å²) in [6.45, 7) is 9.71. The van der Waals surface area contributed by atoms with E-state index >= 15 is 0 Å². The van der Waals surface area contributed by atoms with Crippen molar-refractivity contribution in [3.63, 3.8) is 0 Å². The van der Waals surface area contributed by atoms with Gasteiger partial charge in [0.05, 0.1) is 0 Å². The van der Waals surface area contributed by atoms with E-state index in [1.807, 2.05) is 4.90 Å². The Morgan fingerprint density at radius 1 is 1.11 bits per heavy atom. The summed E-state index contributed by atoms with van der Waals surface area (Å²) in [7, 11) is 0. The van der Waals surface area contributed by atoms with Gasteiger partial charge in [-0.1, -0.05) is 31.2 Å². The van der Waals surface area contributed by atoms with E-state index in [0.717, 1.165) is 77.5 Å². The molecule has 0 spiro atoms. The van der Waals surface area contributed by atoms with Gasteiger partial charge in [-0.25, -0.2) is 0 Å². The number of carbonyl (C=O) groups excluding carboxylic acids is 1. The molecule has 0 aliphatic carbocycles. The van der Waals surface area contributed by atoms with E-state index in [1.54, 1.807) is 0 Å². The number of ether oxygens (including phenoxy) is 1. The maximum Gasteiger partial charge on any atom is 0.251 e. The Balaban J connectivity index is 1.50. The molecule has 3 rings (SSSR count). The summed E-state index contributed by atoms with van der Waals surface area (Å²) in [5.41, 5.74) is 2.69. The molecule has 1 amide bonds. The minimum atomic E-state index is -0.215. The lowest BCUT2D eigenvalue weighted by Gasteiger charge is -2.37. The van der Waals surface area contributed by atoms with Gasteiger partial charge in [0.25, 0.3) is 5.91 Å². The minimum absolute atomic E-state index is 0.162. The molecule has 2 aliphatic heterocycles. The molecule has 0 aromatic heterocycles. The van der Waals surface area contributed by atoms with Crippen molar-refractivity contribution in [3.05, 3.63) is 35.4 Å². The number of aliphatic imine (C=N–C) groups is 1. The summed E-state index contributed by atoms with van der Waals surface area (Å²) in [5.74, 6) is 1.12. The predicted octanol–water partition coefficient (Wildman–Crippen LogP) is 2.08. The van der Waals surface area contributed by atoms with E-state index in [0.29, 0.717) is 0 Å². The zero-order valence-electron chi connectivity index (χ0n) is 17.3. The molecule has 1 unspecified atom stereocenters. The van der Waals surface area contributed by atoms with Crippen molar-refractivity contribution < 1.29 is 9.53 Å². The number of nitrogens with zero attached hydrogens (tertiary/aromatic N) is 3. The minimum Gasteiger partial charge on any atom is -0.368 e. The van der Waals surface area contributed by atoms with Crippen molar-refractivity contribution >= 4 is 11.9 Å². The Morgan fingerprint density at radius 2 is 1.79 bits per heavy atom. The van der Waals surface area contributed by atoms with Crippen LogP contribution in [0.25, 0.3) is 0 Å². The number of benzene rings is 1. The second-order valence-electron chi connectivity index (χ2n) is 7.47. The van der Waals surface area contributed by atoms with Gasteiger partial charge in [-0.3, -0.25) is 9.79 Å². The zero-order chi connectivity index (χ0) is 19.8. The first kappa shape index (κ1) is 20.6. The van der Waals surface area contributed by atoms with Crippen molar-refractivity contribution in [2.24, 2.45) is 4.99 Å². The average Bonchev–Trinajstić information content (AvgIpc) is 3.28. The van der Waals surface area contributed by atoms with Gasteiger partial charge < -0.3 is 19.9 Å². The van der Waals surface area contributed by atoms with Crippen molar-refractivity contribution in [1.82, 2.24) is 15.1 Å². The van der Waals surface area contributed by atoms with Crippen LogP contribution in [-0.4, -0.2) is 73.6 Å². The molecule has 1 aromatic rings. The van der Waals surface area contributed by atoms with E-state index < -0.39 is 0 Å². The summed E-state index contributed by atoms with van der Waals surface area (Å²) in [6.07, 6.45) is 3.66. The molecule has 0 saturated carbocycles. The fraction of sp³-hybridized carbons (Fsp3) is 0.636. The molecule has 6 nitrogen and oxygen atoms in total. The van der Waals surface area contributed by atoms with Crippen LogP contribution in [0.4, 0.5) is 0 Å². The Kier molecular flexibility index (Phi) is 7.71. The third-order valence-electron chi connectivity index (χ3n) is 5.52. The molecule has 154 valence electrons. The maximum absolute atomic E-state index is 12.5. The summed E-state index contributed by atoms with van der Waals surface area (Å²) in [4.78, 5) is 21.6. The number of hydrogen-bond donors (Lipinski definition) is 1. The van der Waals surface area contributed by atoms with Gasteiger partial charge in [-0.05, 0) is 43.7 Å². The van der Waals surface area contributed by atoms with Gasteiger partial charge in [-0.15, -0.1) is 0 Å². The number of rotatable bonds is 6. The van der Waals surface area contributed by atoms with Gasteiger partial charge in [0.2, 0.25) is 0 Å². The Morgan fingerprint density at radius 3 is 2.39 bits per heavy atom. The molecule has 0 radical (unpaired) electrons. The lowest BCUT2D eigenvalue weighted by Crippen LogP contribution is -2.55. The van der Waals surface area contributed by atoms with Gasteiger partial charge in [-0.2, -0.15) is 0 Å². The van der Waals surface area contributed by atoms with Crippen molar-refractivity contribution in [2.45, 2.75) is 45.6 Å². The number of aryl methyl sites for hydroxylation is 1. The summed E-state index contributed by atoms with van der Waals surface area (Å²) >= 11 is 0. The summed E-state index contributed by atoms with van der Waals surface area (Å²) in [5, 5.41) is 3.40. The van der Waals surface area contributed by atoms with E-state index in [2.05, 4.69) is 48.3 Å². The van der Waals surface area contributed by atoms with Gasteiger partial charge in [0.15, 0.2) is 5.96 Å². The molecule has 0 bridgehead atoms. The molecule has 28 heavy (non-hydrogen) atoms. The van der Waals surface area contributed by atoms with Gasteiger partial charge >= 0.3 is 0 Å². The third-order valence-corrected chi connectivity index (χ3v) is 5.52. The lowest BCUT2D eigenvalue weighted by atomic mass is 10.1. The highest BCUT2D eigenvalue weighted by Gasteiger charge is 2.30. The number of amides is 1. The SMILES string of the molecule is CCNC(=NCCc1ccc(CC)cc1)N1CCN(C(=O)C2CCCO2)CC1. The number of piperazine rings is 1. The predicted molar refractivity (Wildman–Crippen MR) is 113 cm³/mol. The smallest absolute Gasteiger partial charge is 0.251 e. The Bertz CT molecular complexity index is 645. The Hall–Kier alpha value is -2.08. The van der Waals surface area contributed by atoms with Crippen LogP contribution in [-0.2, 0) is 22.4 Å². The molecule has 1 aromatic carbocycles. The fourth-order valence-corrected chi connectivity index (χ4v) is 3.77. The van der Waals surface area contributed by atoms with Crippen LogP contribution in [0.2, 0.25) is 0 Å². The van der Waals surface area contributed by atoms with Crippen LogP contribution in [0.1, 0.15) is 37.8 Å². The van der Waals surface area contributed by atoms with Crippen molar-refractivity contribution in [1.29, 1.82) is 0 Å². The molecule has 1 N–H and O–H groups in total. The van der Waals surface area contributed by atoms with Crippen LogP contribution in [0.5, 0.6) is 0 Å². The van der Waals surface area contributed by atoms with E-state index in [-0.39, 0.29) is 12.0 Å². The van der Waals surface area contributed by atoms with E-state index in [1.165, 1.54) is 11.1 Å². The number of guanidine groups is 1. The topological polar surface area (TPSA) is 57.2 Å². The second-order valence-corrected chi connectivity index (χ2v) is 7.47. The van der Waals surface area contributed by atoms with Crippen LogP contribution in [0.3, 0.4) is 0 Å². The highest BCUT2D eigenvalue weighted by Crippen LogP contribution is 2.16. The van der Waals surface area contributed by atoms with Crippen LogP contribution >= 0.6 is 0 Å². The average molecular weight is 387 g/mol. The monoisotopic (exact) mass is 386 g/mol. The lowest BCUT2D eigenvalue weighted by molar-refractivity contribution is -0.142. The Labute approximate surface area is 168 Å². The fourth-order valence-electron chi connectivity index (χ4n) is 3.77. The molecule has 6 heteroatoms. The first-order chi connectivity index (χ1) is 13.7. The summed E-state index contributed by atoms with van der Waals surface area (Å²) in [6, 6.07) is 8.82. The van der Waals surface area contributed by atoms with Gasteiger partial charge in [0, 0.05) is 45.9 Å². The summed E-state index contributed by atoms with van der Waals surface area (Å²) < 4.78 is 5.55. The highest BCUT2D eigenvalue weighted by atomic mass is 16.5. The molecular formula is C22H34N4O2. The van der Waals surface area contributed by atoms with Crippen molar-refractivity contribution in [3.8, 4) is 0 Å². The van der Waals surface area contributed by atoms with E-state index in [9.17, 15) is 4.79 Å². The van der Waals surface area contributed by atoms with Crippen molar-refractivity contribution in [2.75, 3.05) is 45.9 Å². The van der Waals surface area contributed by atoms with Crippen LogP contribution in [0.15, 0.2) is 29.3 Å². The molecule has 2 fully saturated rings. The number of nitrogens with one attached hydrogen (secondary N) is 1. The zero-order valence-corrected chi connectivity index (χ0v) is 17.3.